The van der Waals surface area contributed by atoms with Crippen LogP contribution in [0.3, 0.4) is 0 Å². The number of primary amides is 2. The third-order valence-electron chi connectivity index (χ3n) is 4.07. The predicted molar refractivity (Wildman–Crippen MR) is 81.9 cm³/mol. The van der Waals surface area contributed by atoms with Crippen molar-refractivity contribution in [1.82, 2.24) is 0 Å². The van der Waals surface area contributed by atoms with Crippen molar-refractivity contribution in [2.24, 2.45) is 23.1 Å². The molecule has 0 spiro atoms. The first kappa shape index (κ1) is 15.3. The summed E-state index contributed by atoms with van der Waals surface area (Å²) in [6, 6.07) is 4.96. The maximum Gasteiger partial charge on any atom is 0.248 e. The summed E-state index contributed by atoms with van der Waals surface area (Å²) in [5.74, 6) is -0.770. The molecule has 2 unspecified atom stereocenters. The third kappa shape index (κ3) is 3.72. The predicted octanol–water partition coefficient (Wildman–Crippen LogP) is 0.814. The van der Waals surface area contributed by atoms with Crippen molar-refractivity contribution in [1.29, 1.82) is 0 Å². The van der Waals surface area contributed by atoms with Gasteiger partial charge in [-0.2, -0.15) is 0 Å². The van der Waals surface area contributed by atoms with Crippen LogP contribution in [0.4, 0.5) is 5.69 Å². The zero-order valence-corrected chi connectivity index (χ0v) is 12.0. The number of anilines is 1. The first-order chi connectivity index (χ1) is 10.0. The molecular weight excluding hydrogens is 268 g/mol. The first-order valence-corrected chi connectivity index (χ1v) is 7.22. The van der Waals surface area contributed by atoms with Crippen molar-refractivity contribution >= 4 is 17.5 Å². The van der Waals surface area contributed by atoms with Gasteiger partial charge in [0.1, 0.15) is 0 Å². The molecule has 0 heterocycles. The lowest BCUT2D eigenvalue weighted by Crippen LogP contribution is -2.36. The van der Waals surface area contributed by atoms with E-state index in [-0.39, 0.29) is 17.2 Å². The lowest BCUT2D eigenvalue weighted by atomic mass is 9.84. The molecule has 1 aliphatic carbocycles. The smallest absolute Gasteiger partial charge is 0.248 e. The van der Waals surface area contributed by atoms with E-state index < -0.39 is 11.8 Å². The lowest BCUT2D eigenvalue weighted by Gasteiger charge is -2.32. The normalized spacial score (nSPS) is 21.8. The van der Waals surface area contributed by atoms with Gasteiger partial charge in [0.25, 0.3) is 0 Å². The van der Waals surface area contributed by atoms with Crippen molar-refractivity contribution < 1.29 is 9.59 Å². The fourth-order valence-corrected chi connectivity index (χ4v) is 2.89. The van der Waals surface area contributed by atoms with E-state index in [1.54, 1.807) is 12.1 Å². The van der Waals surface area contributed by atoms with Crippen molar-refractivity contribution in [2.75, 3.05) is 11.9 Å². The first-order valence-electron chi connectivity index (χ1n) is 7.22. The van der Waals surface area contributed by atoms with Crippen molar-refractivity contribution in [2.45, 2.75) is 31.7 Å². The summed E-state index contributed by atoms with van der Waals surface area (Å²) in [7, 11) is 0. The van der Waals surface area contributed by atoms with Gasteiger partial charge in [-0.15, -0.1) is 0 Å². The fraction of sp³-hybridized carbons (Fsp3) is 0.467. The average Bonchev–Trinajstić information content (AvgIpc) is 2.47. The largest absolute Gasteiger partial charge is 0.382 e. The molecular formula is C15H22N4O2. The van der Waals surface area contributed by atoms with E-state index in [1.165, 1.54) is 12.5 Å². The van der Waals surface area contributed by atoms with Crippen LogP contribution in [-0.4, -0.2) is 24.4 Å². The number of carbonyl (C=O) groups excluding carboxylic acids is 2. The highest BCUT2D eigenvalue weighted by molar-refractivity contribution is 5.99. The molecule has 1 aromatic rings. The molecule has 1 aromatic carbocycles. The molecule has 6 heteroatoms. The molecule has 1 aliphatic rings. The molecule has 0 aromatic heterocycles. The van der Waals surface area contributed by atoms with Crippen LogP contribution in [0.5, 0.6) is 0 Å². The fourth-order valence-electron chi connectivity index (χ4n) is 2.89. The second kappa shape index (κ2) is 6.58. The average molecular weight is 290 g/mol. The molecule has 6 nitrogen and oxygen atoms in total. The number of carbonyl (C=O) groups is 2. The highest BCUT2D eigenvalue weighted by Crippen LogP contribution is 2.27. The van der Waals surface area contributed by atoms with E-state index in [1.807, 2.05) is 0 Å². The van der Waals surface area contributed by atoms with E-state index in [0.29, 0.717) is 18.2 Å². The Morgan fingerprint density at radius 3 is 2.14 bits per heavy atom. The molecule has 0 radical (unpaired) electrons. The zero-order chi connectivity index (χ0) is 15.4. The number of benzene rings is 1. The Labute approximate surface area is 124 Å². The Hall–Kier alpha value is -2.08. The molecule has 7 N–H and O–H groups in total. The minimum absolute atomic E-state index is 0.243. The van der Waals surface area contributed by atoms with Crippen LogP contribution in [0.2, 0.25) is 0 Å². The van der Waals surface area contributed by atoms with Gasteiger partial charge in [-0.3, -0.25) is 9.59 Å². The van der Waals surface area contributed by atoms with Crippen LogP contribution in [0.1, 0.15) is 46.4 Å². The Balaban J connectivity index is 2.25. The van der Waals surface area contributed by atoms with Gasteiger partial charge in [0.05, 0.1) is 0 Å². The molecule has 0 bridgehead atoms. The van der Waals surface area contributed by atoms with E-state index in [4.69, 9.17) is 17.2 Å². The van der Waals surface area contributed by atoms with Gasteiger partial charge in [0.15, 0.2) is 0 Å². The maximum absolute atomic E-state index is 11.4. The molecule has 2 atom stereocenters. The monoisotopic (exact) mass is 290 g/mol. The van der Waals surface area contributed by atoms with Gasteiger partial charge in [-0.1, -0.05) is 12.8 Å². The maximum atomic E-state index is 11.4. The highest BCUT2D eigenvalue weighted by Gasteiger charge is 2.24. The minimum atomic E-state index is -0.583. The Kier molecular flexibility index (Phi) is 4.80. The summed E-state index contributed by atoms with van der Waals surface area (Å²) in [6.45, 7) is 0.621. The number of hydrogen-bond acceptors (Lipinski definition) is 4. The summed E-state index contributed by atoms with van der Waals surface area (Å²) in [5, 5.41) is 3.38. The van der Waals surface area contributed by atoms with Gasteiger partial charge >= 0.3 is 0 Å². The number of nitrogens with one attached hydrogen (secondary N) is 1. The molecule has 2 rings (SSSR count). The van der Waals surface area contributed by atoms with E-state index in [9.17, 15) is 9.59 Å². The van der Waals surface area contributed by atoms with Crippen LogP contribution < -0.4 is 22.5 Å². The molecule has 0 saturated heterocycles. The Bertz CT molecular complexity index is 512. The zero-order valence-electron chi connectivity index (χ0n) is 12.0. The van der Waals surface area contributed by atoms with Crippen molar-refractivity contribution in [3.05, 3.63) is 29.3 Å². The quantitative estimate of drug-likeness (QED) is 0.640. The van der Waals surface area contributed by atoms with Gasteiger partial charge in [-0.25, -0.2) is 0 Å². The third-order valence-corrected chi connectivity index (χ3v) is 4.07. The van der Waals surface area contributed by atoms with Gasteiger partial charge < -0.3 is 22.5 Å². The second-order valence-electron chi connectivity index (χ2n) is 5.56. The Morgan fingerprint density at radius 1 is 1.05 bits per heavy atom. The molecule has 0 aliphatic heterocycles. The van der Waals surface area contributed by atoms with Gasteiger partial charge in [0, 0.05) is 22.9 Å². The van der Waals surface area contributed by atoms with Gasteiger partial charge in [0.2, 0.25) is 11.8 Å². The topological polar surface area (TPSA) is 124 Å². The van der Waals surface area contributed by atoms with E-state index >= 15 is 0 Å². The highest BCUT2D eigenvalue weighted by atomic mass is 16.1. The van der Waals surface area contributed by atoms with Crippen LogP contribution in [0, 0.1) is 5.92 Å². The van der Waals surface area contributed by atoms with Crippen LogP contribution in [0.25, 0.3) is 0 Å². The number of amides is 2. The van der Waals surface area contributed by atoms with Crippen molar-refractivity contribution in [3.8, 4) is 0 Å². The van der Waals surface area contributed by atoms with Crippen LogP contribution in [-0.2, 0) is 0 Å². The summed E-state index contributed by atoms with van der Waals surface area (Å²) in [6.07, 6.45) is 4.45. The summed E-state index contributed by atoms with van der Waals surface area (Å²) >= 11 is 0. The summed E-state index contributed by atoms with van der Waals surface area (Å²) < 4.78 is 0. The molecule has 114 valence electrons. The van der Waals surface area contributed by atoms with Crippen molar-refractivity contribution in [3.63, 3.8) is 0 Å². The molecule has 1 fully saturated rings. The van der Waals surface area contributed by atoms with E-state index in [0.717, 1.165) is 19.3 Å². The van der Waals surface area contributed by atoms with Gasteiger partial charge in [-0.05, 0) is 43.5 Å². The number of rotatable bonds is 5. The minimum Gasteiger partial charge on any atom is -0.382 e. The molecule has 1 saturated carbocycles. The van der Waals surface area contributed by atoms with Crippen LogP contribution in [0.15, 0.2) is 18.2 Å². The SMILES string of the molecule is NCC1CCCCC1Nc1cc(C(N)=O)cc(C(N)=O)c1. The summed E-state index contributed by atoms with van der Waals surface area (Å²) in [5.41, 5.74) is 17.6. The van der Waals surface area contributed by atoms with E-state index in [2.05, 4.69) is 5.32 Å². The molecule has 2 amide bonds. The lowest BCUT2D eigenvalue weighted by molar-refractivity contribution is 0.0999. The van der Waals surface area contributed by atoms with Crippen LogP contribution >= 0.6 is 0 Å². The Morgan fingerprint density at radius 2 is 1.62 bits per heavy atom. The molecule has 21 heavy (non-hydrogen) atoms. The number of hydrogen-bond donors (Lipinski definition) is 4. The standard InChI is InChI=1S/C15H22N4O2/c16-8-9-3-1-2-4-13(9)19-12-6-10(14(17)20)5-11(7-12)15(18)21/h5-7,9,13,19H,1-4,8,16H2,(H2,17,20)(H2,18,21). The second-order valence-corrected chi connectivity index (χ2v) is 5.56. The summed E-state index contributed by atoms with van der Waals surface area (Å²) in [4.78, 5) is 22.7. The number of nitrogens with two attached hydrogens (primary N) is 3.